The minimum atomic E-state index is -5.83. The van der Waals surface area contributed by atoms with Gasteiger partial charge in [0, 0.05) is 17.6 Å². The predicted molar refractivity (Wildman–Crippen MR) is 131 cm³/mol. The molecule has 0 heterocycles. The molecule has 3 aromatic rings. The number of alkyl halides is 2. The van der Waals surface area contributed by atoms with Crippen LogP contribution in [0.25, 0.3) is 0 Å². The zero-order valence-electron chi connectivity index (χ0n) is 18.1. The molecule has 0 aliphatic carbocycles. The molecule has 3 rings (SSSR count). The van der Waals surface area contributed by atoms with E-state index < -0.39 is 33.9 Å². The Morgan fingerprint density at radius 2 is 1.69 bits per heavy atom. The molecule has 0 amide bonds. The van der Waals surface area contributed by atoms with Gasteiger partial charge in [-0.2, -0.15) is 13.1 Å². The van der Waals surface area contributed by atoms with Crippen molar-refractivity contribution in [3.8, 4) is 5.75 Å². The van der Waals surface area contributed by atoms with E-state index in [9.17, 15) is 21.8 Å². The highest BCUT2D eigenvalue weighted by Crippen LogP contribution is 2.60. The minimum absolute atomic E-state index is 0.0835. The van der Waals surface area contributed by atoms with Gasteiger partial charge in [-0.3, -0.25) is 4.57 Å². The third-order valence-corrected chi connectivity index (χ3v) is 8.96. The first-order chi connectivity index (χ1) is 16.3. The normalized spacial score (nSPS) is 12.7. The molecule has 0 saturated carbocycles. The predicted octanol–water partition coefficient (Wildman–Crippen LogP) is 5.73. The molecular formula is C22H20BrClF2NO6PS. The number of rotatable bonds is 9. The number of sulfonamides is 1. The summed E-state index contributed by atoms with van der Waals surface area (Å²) in [6.45, 7) is -0.358. The van der Waals surface area contributed by atoms with Crippen molar-refractivity contribution >= 4 is 45.1 Å². The molecule has 0 radical (unpaired) electrons. The molecule has 3 aromatic carbocycles. The van der Waals surface area contributed by atoms with Crippen molar-refractivity contribution in [2.45, 2.75) is 23.6 Å². The van der Waals surface area contributed by atoms with Gasteiger partial charge in [0.15, 0.2) is 0 Å². The van der Waals surface area contributed by atoms with E-state index in [1.54, 1.807) is 36.4 Å². The van der Waals surface area contributed by atoms with Crippen molar-refractivity contribution in [1.29, 1.82) is 0 Å². The molecule has 35 heavy (non-hydrogen) atoms. The quantitative estimate of drug-likeness (QED) is 0.300. The van der Waals surface area contributed by atoms with Crippen LogP contribution in [0.3, 0.4) is 0 Å². The molecule has 0 aliphatic heterocycles. The first-order valence-electron chi connectivity index (χ1n) is 9.88. The Labute approximate surface area is 214 Å². The summed E-state index contributed by atoms with van der Waals surface area (Å²) in [6.07, 6.45) is 0. The van der Waals surface area contributed by atoms with Crippen LogP contribution in [0.1, 0.15) is 16.7 Å². The fourth-order valence-corrected chi connectivity index (χ4v) is 6.14. The standard InChI is InChI=1S/C22H20BrClF2NO6PS/c1-33-20-8-4-5-9-21(20)35(31,32)27(14-16-6-2-3-7-18(16)23)13-15-10-11-17(19(24)12-15)22(25,26)34(28,29)30/h2-12H,13-14H2,1H3,(H2,28,29,30). The van der Waals surface area contributed by atoms with E-state index in [1.165, 1.54) is 19.2 Å². The molecule has 0 unspecified atom stereocenters. The van der Waals surface area contributed by atoms with Gasteiger partial charge in [-0.25, -0.2) is 8.42 Å². The van der Waals surface area contributed by atoms with Crippen LogP contribution in [0.4, 0.5) is 8.78 Å². The molecule has 13 heteroatoms. The number of hydrogen-bond donors (Lipinski definition) is 2. The summed E-state index contributed by atoms with van der Waals surface area (Å²) in [5, 5.41) is -0.605. The highest BCUT2D eigenvalue weighted by atomic mass is 79.9. The molecular weight excluding hydrogens is 591 g/mol. The second-order valence-electron chi connectivity index (χ2n) is 7.41. The van der Waals surface area contributed by atoms with Gasteiger partial charge in [-0.1, -0.05) is 70.0 Å². The zero-order valence-corrected chi connectivity index (χ0v) is 22.2. The van der Waals surface area contributed by atoms with Gasteiger partial charge in [0.1, 0.15) is 10.6 Å². The molecule has 0 spiro atoms. The Balaban J connectivity index is 2.06. The van der Waals surface area contributed by atoms with Crippen molar-refractivity contribution in [2.24, 2.45) is 0 Å². The maximum atomic E-state index is 14.2. The third kappa shape index (κ3) is 5.94. The highest BCUT2D eigenvalue weighted by Gasteiger charge is 2.51. The van der Waals surface area contributed by atoms with Crippen molar-refractivity contribution in [3.63, 3.8) is 0 Å². The van der Waals surface area contributed by atoms with Gasteiger partial charge in [-0.15, -0.1) is 0 Å². The fourth-order valence-electron chi connectivity index (χ4n) is 3.27. The molecule has 0 saturated heterocycles. The van der Waals surface area contributed by atoms with Crippen LogP contribution in [0.5, 0.6) is 5.75 Å². The summed E-state index contributed by atoms with van der Waals surface area (Å²) in [4.78, 5) is 17.9. The van der Waals surface area contributed by atoms with Crippen LogP contribution in [-0.2, 0) is 33.3 Å². The number of halogens is 4. The summed E-state index contributed by atoms with van der Waals surface area (Å²) < 4.78 is 73.9. The second-order valence-corrected chi connectivity index (χ2v) is 12.2. The lowest BCUT2D eigenvalue weighted by atomic mass is 10.1. The lowest BCUT2D eigenvalue weighted by molar-refractivity contribution is 0.0565. The van der Waals surface area contributed by atoms with E-state index in [4.69, 9.17) is 26.1 Å². The Hall–Kier alpha value is -1.85. The van der Waals surface area contributed by atoms with Crippen molar-refractivity contribution in [2.75, 3.05) is 7.11 Å². The van der Waals surface area contributed by atoms with Gasteiger partial charge in [-0.05, 0) is 35.4 Å². The maximum Gasteiger partial charge on any atom is 0.399 e. The summed E-state index contributed by atoms with van der Waals surface area (Å²) in [7, 11) is -8.65. The monoisotopic (exact) mass is 609 g/mol. The van der Waals surface area contributed by atoms with E-state index in [1.807, 2.05) is 0 Å². The third-order valence-electron chi connectivity index (χ3n) is 5.07. The SMILES string of the molecule is COc1ccccc1S(=O)(=O)N(Cc1ccc(C(F)(F)P(=O)(O)O)c(Cl)c1)Cc1ccccc1Br. The molecule has 0 atom stereocenters. The minimum Gasteiger partial charge on any atom is -0.495 e. The summed E-state index contributed by atoms with van der Waals surface area (Å²) >= 11 is 9.35. The van der Waals surface area contributed by atoms with Crippen LogP contribution in [0, 0.1) is 0 Å². The second kappa shape index (κ2) is 10.6. The molecule has 0 aliphatic rings. The Morgan fingerprint density at radius 1 is 1.06 bits per heavy atom. The lowest BCUT2D eigenvalue weighted by Gasteiger charge is -2.25. The van der Waals surface area contributed by atoms with Crippen LogP contribution in [-0.4, -0.2) is 29.6 Å². The van der Waals surface area contributed by atoms with Gasteiger partial charge in [0.2, 0.25) is 10.0 Å². The zero-order chi connectivity index (χ0) is 26.0. The molecule has 0 bridgehead atoms. The van der Waals surface area contributed by atoms with Gasteiger partial charge in [0.25, 0.3) is 0 Å². The van der Waals surface area contributed by atoms with Gasteiger partial charge < -0.3 is 14.5 Å². The number of ether oxygens (including phenoxy) is 1. The summed E-state index contributed by atoms with van der Waals surface area (Å²) in [6, 6.07) is 16.0. The lowest BCUT2D eigenvalue weighted by Crippen LogP contribution is -2.31. The number of nitrogens with zero attached hydrogens (tertiary/aromatic N) is 1. The van der Waals surface area contributed by atoms with Gasteiger partial charge >= 0.3 is 13.3 Å². The van der Waals surface area contributed by atoms with E-state index in [-0.39, 0.29) is 29.3 Å². The van der Waals surface area contributed by atoms with Gasteiger partial charge in [0.05, 0.1) is 17.7 Å². The van der Waals surface area contributed by atoms with E-state index in [2.05, 4.69) is 15.9 Å². The molecule has 7 nitrogen and oxygen atoms in total. The highest BCUT2D eigenvalue weighted by molar-refractivity contribution is 9.10. The smallest absolute Gasteiger partial charge is 0.399 e. The van der Waals surface area contributed by atoms with Crippen LogP contribution < -0.4 is 4.74 Å². The molecule has 0 aromatic heterocycles. The number of methoxy groups -OCH3 is 1. The average molecular weight is 611 g/mol. The van der Waals surface area contributed by atoms with Crippen molar-refractivity contribution in [3.05, 3.63) is 92.9 Å². The van der Waals surface area contributed by atoms with Crippen LogP contribution in [0.15, 0.2) is 76.1 Å². The van der Waals surface area contributed by atoms with E-state index in [0.717, 1.165) is 22.5 Å². The summed E-state index contributed by atoms with van der Waals surface area (Å²) in [5.41, 5.74) is -4.69. The van der Waals surface area contributed by atoms with Crippen LogP contribution >= 0.6 is 35.1 Å². The Bertz CT molecular complexity index is 1390. The van der Waals surface area contributed by atoms with Crippen molar-refractivity contribution < 1.29 is 36.3 Å². The van der Waals surface area contributed by atoms with Crippen molar-refractivity contribution in [1.82, 2.24) is 4.31 Å². The van der Waals surface area contributed by atoms with Crippen LogP contribution in [0.2, 0.25) is 5.02 Å². The fraction of sp³-hybridized carbons (Fsp3) is 0.182. The van der Waals surface area contributed by atoms with E-state index >= 15 is 0 Å². The Morgan fingerprint density at radius 3 is 2.29 bits per heavy atom. The van der Waals surface area contributed by atoms with E-state index in [0.29, 0.717) is 10.0 Å². The maximum absolute atomic E-state index is 14.2. The number of hydrogen-bond acceptors (Lipinski definition) is 4. The Kier molecular flexibility index (Phi) is 8.43. The molecule has 2 N–H and O–H groups in total. The molecule has 188 valence electrons. The average Bonchev–Trinajstić information content (AvgIpc) is 2.79. The molecule has 0 fully saturated rings. The number of benzene rings is 3. The topological polar surface area (TPSA) is 104 Å². The first-order valence-corrected chi connectivity index (χ1v) is 14.1. The largest absolute Gasteiger partial charge is 0.495 e. The number of para-hydroxylation sites is 1. The summed E-state index contributed by atoms with van der Waals surface area (Å²) in [5.74, 6) is 0.124. The first kappa shape index (κ1) is 27.7.